The molecule has 1 rings (SSSR count). The molecular weight excluding hydrogens is 186 g/mol. The van der Waals surface area contributed by atoms with Gasteiger partial charge in [0.05, 0.1) is 0 Å². The fourth-order valence-electron chi connectivity index (χ4n) is 1.63. The summed E-state index contributed by atoms with van der Waals surface area (Å²) in [5, 5.41) is 0. The van der Waals surface area contributed by atoms with Crippen molar-refractivity contribution in [3.63, 3.8) is 0 Å². The second-order valence-electron chi connectivity index (χ2n) is 3.93. The van der Waals surface area contributed by atoms with Gasteiger partial charge < -0.3 is 0 Å². The summed E-state index contributed by atoms with van der Waals surface area (Å²) in [6.07, 6.45) is 13.5. The Hall–Kier alpha value is -0.990. The van der Waals surface area contributed by atoms with Gasteiger partial charge in [-0.05, 0) is 6.42 Å². The molecule has 0 bridgehead atoms. The van der Waals surface area contributed by atoms with Crippen LogP contribution in [0.3, 0.4) is 0 Å². The fraction of sp³-hybridized carbons (Fsp3) is 0.750. The Kier molecular flexibility index (Phi) is 6.71. The third kappa shape index (κ3) is 6.15. The summed E-state index contributed by atoms with van der Waals surface area (Å²) in [5.41, 5.74) is 0. The van der Waals surface area contributed by atoms with Gasteiger partial charge in [-0.15, -0.1) is 0 Å². The number of rotatable bonds is 8. The molecule has 0 amide bonds. The molecule has 0 aliphatic carbocycles. The predicted molar refractivity (Wildman–Crippen MR) is 61.5 cm³/mol. The van der Waals surface area contributed by atoms with Crippen molar-refractivity contribution < 1.29 is 0 Å². The summed E-state index contributed by atoms with van der Waals surface area (Å²) in [5.74, 6) is 0.929. The van der Waals surface area contributed by atoms with E-state index in [9.17, 15) is 0 Å². The topological polar surface area (TPSA) is 38.7 Å². The lowest BCUT2D eigenvalue weighted by molar-refractivity contribution is 0.584. The van der Waals surface area contributed by atoms with E-state index in [2.05, 4.69) is 21.9 Å². The van der Waals surface area contributed by atoms with E-state index < -0.39 is 0 Å². The molecule has 0 N–H and O–H groups in total. The standard InChI is InChI=1S/C12H21N3/c1-2-3-4-5-6-7-8-9-12-14-10-13-11-15-12/h10-11H,2-9H2,1H3. The summed E-state index contributed by atoms with van der Waals surface area (Å²) < 4.78 is 0. The maximum absolute atomic E-state index is 4.10. The molecule has 0 aliphatic rings. The van der Waals surface area contributed by atoms with Gasteiger partial charge in [-0.25, -0.2) is 15.0 Å². The molecule has 0 spiro atoms. The molecule has 1 aromatic heterocycles. The van der Waals surface area contributed by atoms with E-state index in [0.717, 1.165) is 12.2 Å². The van der Waals surface area contributed by atoms with Crippen LogP contribution in [0.1, 0.15) is 57.7 Å². The lowest BCUT2D eigenvalue weighted by atomic mass is 10.1. The summed E-state index contributed by atoms with van der Waals surface area (Å²) >= 11 is 0. The van der Waals surface area contributed by atoms with E-state index in [1.165, 1.54) is 44.9 Å². The van der Waals surface area contributed by atoms with Crippen molar-refractivity contribution in [3.05, 3.63) is 18.5 Å². The molecule has 0 unspecified atom stereocenters. The van der Waals surface area contributed by atoms with Crippen molar-refractivity contribution in [1.82, 2.24) is 15.0 Å². The lowest BCUT2D eigenvalue weighted by Gasteiger charge is -2.00. The van der Waals surface area contributed by atoms with E-state index >= 15 is 0 Å². The minimum atomic E-state index is 0.929. The van der Waals surface area contributed by atoms with Gasteiger partial charge in [0.15, 0.2) is 0 Å². The van der Waals surface area contributed by atoms with Crippen molar-refractivity contribution in [2.24, 2.45) is 0 Å². The summed E-state index contributed by atoms with van der Waals surface area (Å²) in [7, 11) is 0. The Bertz CT molecular complexity index is 236. The third-order valence-corrected chi connectivity index (χ3v) is 2.55. The first kappa shape index (κ1) is 12.1. The average molecular weight is 207 g/mol. The fourth-order valence-corrected chi connectivity index (χ4v) is 1.63. The van der Waals surface area contributed by atoms with Crippen LogP contribution in [-0.2, 0) is 6.42 Å². The summed E-state index contributed by atoms with van der Waals surface area (Å²) in [4.78, 5) is 12.0. The van der Waals surface area contributed by atoms with Gasteiger partial charge in [-0.1, -0.05) is 45.4 Å². The van der Waals surface area contributed by atoms with E-state index in [4.69, 9.17) is 0 Å². The Morgan fingerprint density at radius 2 is 1.47 bits per heavy atom. The smallest absolute Gasteiger partial charge is 0.131 e. The van der Waals surface area contributed by atoms with Gasteiger partial charge in [0, 0.05) is 6.42 Å². The third-order valence-electron chi connectivity index (χ3n) is 2.55. The van der Waals surface area contributed by atoms with Gasteiger partial charge in [0.25, 0.3) is 0 Å². The maximum Gasteiger partial charge on any atom is 0.131 e. The SMILES string of the molecule is CCCCCCCCCc1ncncn1. The van der Waals surface area contributed by atoms with E-state index in [1.54, 1.807) is 12.7 Å². The van der Waals surface area contributed by atoms with Gasteiger partial charge >= 0.3 is 0 Å². The maximum atomic E-state index is 4.10. The molecule has 0 aromatic carbocycles. The molecule has 1 aromatic rings. The molecule has 0 fully saturated rings. The monoisotopic (exact) mass is 207 g/mol. The predicted octanol–water partition coefficient (Wildman–Crippen LogP) is 3.16. The van der Waals surface area contributed by atoms with Crippen LogP contribution in [0.25, 0.3) is 0 Å². The second kappa shape index (κ2) is 8.33. The van der Waals surface area contributed by atoms with Gasteiger partial charge in [-0.2, -0.15) is 0 Å². The molecule has 1 heterocycles. The average Bonchev–Trinajstić information content (AvgIpc) is 2.29. The van der Waals surface area contributed by atoms with Crippen LogP contribution in [0.2, 0.25) is 0 Å². The Morgan fingerprint density at radius 3 is 2.13 bits per heavy atom. The number of aryl methyl sites for hydroxylation is 1. The van der Waals surface area contributed by atoms with Crippen LogP contribution in [-0.4, -0.2) is 15.0 Å². The molecule has 0 atom stereocenters. The van der Waals surface area contributed by atoms with Crippen molar-refractivity contribution in [1.29, 1.82) is 0 Å². The molecule has 3 nitrogen and oxygen atoms in total. The van der Waals surface area contributed by atoms with E-state index in [0.29, 0.717) is 0 Å². The Labute approximate surface area is 92.4 Å². The number of nitrogens with zero attached hydrogens (tertiary/aromatic N) is 3. The minimum Gasteiger partial charge on any atom is -0.225 e. The molecular formula is C12H21N3. The first-order valence-corrected chi connectivity index (χ1v) is 6.04. The highest BCUT2D eigenvalue weighted by atomic mass is 15.0. The number of hydrogen-bond acceptors (Lipinski definition) is 3. The Morgan fingerprint density at radius 1 is 0.867 bits per heavy atom. The van der Waals surface area contributed by atoms with Crippen LogP contribution >= 0.6 is 0 Å². The van der Waals surface area contributed by atoms with Crippen LogP contribution in [0.5, 0.6) is 0 Å². The molecule has 0 radical (unpaired) electrons. The zero-order chi connectivity index (χ0) is 10.8. The van der Waals surface area contributed by atoms with Crippen molar-refractivity contribution in [2.75, 3.05) is 0 Å². The zero-order valence-electron chi connectivity index (χ0n) is 9.65. The number of unbranched alkanes of at least 4 members (excludes halogenated alkanes) is 6. The normalized spacial score (nSPS) is 10.5. The van der Waals surface area contributed by atoms with Crippen LogP contribution in [0.4, 0.5) is 0 Å². The quantitative estimate of drug-likeness (QED) is 0.615. The minimum absolute atomic E-state index is 0.929. The van der Waals surface area contributed by atoms with Gasteiger partial charge in [-0.3, -0.25) is 0 Å². The highest BCUT2D eigenvalue weighted by Crippen LogP contribution is 2.08. The van der Waals surface area contributed by atoms with Crippen LogP contribution in [0, 0.1) is 0 Å². The van der Waals surface area contributed by atoms with Crippen LogP contribution < -0.4 is 0 Å². The molecule has 0 saturated heterocycles. The van der Waals surface area contributed by atoms with Crippen molar-refractivity contribution in [3.8, 4) is 0 Å². The van der Waals surface area contributed by atoms with Gasteiger partial charge in [0.2, 0.25) is 0 Å². The van der Waals surface area contributed by atoms with Gasteiger partial charge in [0.1, 0.15) is 18.5 Å². The van der Waals surface area contributed by atoms with E-state index in [1.807, 2.05) is 0 Å². The largest absolute Gasteiger partial charge is 0.225 e. The highest BCUT2D eigenvalue weighted by molar-refractivity contribution is 4.80. The second-order valence-corrected chi connectivity index (χ2v) is 3.93. The number of hydrogen-bond donors (Lipinski definition) is 0. The molecule has 84 valence electrons. The highest BCUT2D eigenvalue weighted by Gasteiger charge is 1.95. The summed E-state index contributed by atoms with van der Waals surface area (Å²) in [6.45, 7) is 2.25. The first-order chi connectivity index (χ1) is 7.43. The number of aromatic nitrogens is 3. The molecule has 15 heavy (non-hydrogen) atoms. The summed E-state index contributed by atoms with van der Waals surface area (Å²) in [6, 6.07) is 0. The van der Waals surface area contributed by atoms with E-state index in [-0.39, 0.29) is 0 Å². The van der Waals surface area contributed by atoms with Crippen LogP contribution in [0.15, 0.2) is 12.7 Å². The molecule has 0 aliphatic heterocycles. The lowest BCUT2D eigenvalue weighted by Crippen LogP contribution is -1.94. The van der Waals surface area contributed by atoms with Crippen molar-refractivity contribution in [2.45, 2.75) is 58.3 Å². The zero-order valence-corrected chi connectivity index (χ0v) is 9.65. The van der Waals surface area contributed by atoms with Crippen molar-refractivity contribution >= 4 is 0 Å². The first-order valence-electron chi connectivity index (χ1n) is 6.04. The molecule has 0 saturated carbocycles. The Balaban J connectivity index is 1.93. The molecule has 3 heteroatoms.